The van der Waals surface area contributed by atoms with Crippen LogP contribution in [0.25, 0.3) is 0 Å². The van der Waals surface area contributed by atoms with Gasteiger partial charge in [-0.3, -0.25) is 9.59 Å². The zero-order valence-electron chi connectivity index (χ0n) is 14.6. The SMILES string of the molecule is Cl.O=C(Cc1ccccc1)NCCC(=O)N1CCC2(CCNC2)CC1. The van der Waals surface area contributed by atoms with Crippen molar-refractivity contribution >= 4 is 24.2 Å². The van der Waals surface area contributed by atoms with Gasteiger partial charge in [0.2, 0.25) is 11.8 Å². The van der Waals surface area contributed by atoms with Gasteiger partial charge in [-0.25, -0.2) is 0 Å². The van der Waals surface area contributed by atoms with Crippen molar-refractivity contribution in [3.63, 3.8) is 0 Å². The second-order valence-corrected chi connectivity index (χ2v) is 7.07. The number of amides is 2. The molecule has 25 heavy (non-hydrogen) atoms. The monoisotopic (exact) mass is 365 g/mol. The number of carbonyl (C=O) groups is 2. The molecule has 2 fully saturated rings. The summed E-state index contributed by atoms with van der Waals surface area (Å²) in [5.41, 5.74) is 1.42. The number of benzene rings is 1. The van der Waals surface area contributed by atoms with E-state index in [1.165, 1.54) is 6.42 Å². The number of rotatable bonds is 5. The minimum atomic E-state index is -0.0244. The molecule has 0 aromatic heterocycles. The second-order valence-electron chi connectivity index (χ2n) is 7.07. The molecule has 0 saturated carbocycles. The fourth-order valence-electron chi connectivity index (χ4n) is 3.76. The minimum absolute atomic E-state index is 0. The van der Waals surface area contributed by atoms with E-state index in [0.717, 1.165) is 44.6 Å². The number of hydrogen-bond donors (Lipinski definition) is 2. The minimum Gasteiger partial charge on any atom is -0.355 e. The van der Waals surface area contributed by atoms with Gasteiger partial charge in [-0.1, -0.05) is 30.3 Å². The highest BCUT2D eigenvalue weighted by atomic mass is 35.5. The number of piperidine rings is 1. The summed E-state index contributed by atoms with van der Waals surface area (Å²) in [4.78, 5) is 26.2. The predicted molar refractivity (Wildman–Crippen MR) is 101 cm³/mol. The lowest BCUT2D eigenvalue weighted by atomic mass is 9.78. The Morgan fingerprint density at radius 2 is 1.84 bits per heavy atom. The van der Waals surface area contributed by atoms with Crippen LogP contribution in [0.1, 0.15) is 31.2 Å². The molecule has 0 bridgehead atoms. The van der Waals surface area contributed by atoms with Gasteiger partial charge >= 0.3 is 0 Å². The Morgan fingerprint density at radius 1 is 1.12 bits per heavy atom. The molecule has 3 rings (SSSR count). The molecule has 1 aromatic rings. The summed E-state index contributed by atoms with van der Waals surface area (Å²) in [6, 6.07) is 9.66. The maximum Gasteiger partial charge on any atom is 0.224 e. The maximum absolute atomic E-state index is 12.3. The van der Waals surface area contributed by atoms with Crippen LogP contribution in [-0.4, -0.2) is 49.4 Å². The van der Waals surface area contributed by atoms with E-state index in [0.29, 0.717) is 24.8 Å². The summed E-state index contributed by atoms with van der Waals surface area (Å²) < 4.78 is 0. The molecule has 0 atom stereocenters. The molecule has 1 aromatic carbocycles. The van der Waals surface area contributed by atoms with Crippen LogP contribution < -0.4 is 10.6 Å². The van der Waals surface area contributed by atoms with Crippen molar-refractivity contribution in [2.24, 2.45) is 5.41 Å². The molecule has 5 nitrogen and oxygen atoms in total. The average molecular weight is 366 g/mol. The third kappa shape index (κ3) is 5.44. The van der Waals surface area contributed by atoms with Crippen molar-refractivity contribution in [3.8, 4) is 0 Å². The van der Waals surface area contributed by atoms with E-state index >= 15 is 0 Å². The quantitative estimate of drug-likeness (QED) is 0.835. The standard InChI is InChI=1S/C19H27N3O2.ClH/c23-17(14-16-4-2-1-3-5-16)21-10-6-18(24)22-12-8-19(9-13-22)7-11-20-15-19;/h1-5,20H,6-15H2,(H,21,23);1H. The largest absolute Gasteiger partial charge is 0.355 e. The lowest BCUT2D eigenvalue weighted by Gasteiger charge is -2.39. The average Bonchev–Trinajstić information content (AvgIpc) is 3.04. The predicted octanol–water partition coefficient (Wildman–Crippen LogP) is 1.76. The van der Waals surface area contributed by atoms with E-state index in [1.807, 2.05) is 35.2 Å². The van der Waals surface area contributed by atoms with E-state index in [1.54, 1.807) is 0 Å². The summed E-state index contributed by atoms with van der Waals surface area (Å²) in [5, 5.41) is 6.30. The molecule has 0 unspecified atom stereocenters. The Kier molecular flexibility index (Phi) is 7.26. The van der Waals surface area contributed by atoms with Crippen LogP contribution in [0.4, 0.5) is 0 Å². The molecule has 138 valence electrons. The van der Waals surface area contributed by atoms with Crippen molar-refractivity contribution in [1.29, 1.82) is 0 Å². The lowest BCUT2D eigenvalue weighted by molar-refractivity contribution is -0.133. The molecule has 2 aliphatic heterocycles. The lowest BCUT2D eigenvalue weighted by Crippen LogP contribution is -2.44. The van der Waals surface area contributed by atoms with Crippen LogP contribution in [-0.2, 0) is 16.0 Å². The van der Waals surface area contributed by atoms with Crippen molar-refractivity contribution in [3.05, 3.63) is 35.9 Å². The summed E-state index contributed by atoms with van der Waals surface area (Å²) in [6.07, 6.45) is 4.21. The van der Waals surface area contributed by atoms with Crippen LogP contribution in [0.3, 0.4) is 0 Å². The van der Waals surface area contributed by atoms with E-state index in [4.69, 9.17) is 0 Å². The highest BCUT2D eigenvalue weighted by Crippen LogP contribution is 2.36. The topological polar surface area (TPSA) is 61.4 Å². The summed E-state index contributed by atoms with van der Waals surface area (Å²) in [5.74, 6) is 0.138. The zero-order valence-corrected chi connectivity index (χ0v) is 15.4. The zero-order chi connectivity index (χ0) is 16.8. The molecular weight excluding hydrogens is 338 g/mol. The Labute approximate surface area is 155 Å². The third-order valence-corrected chi connectivity index (χ3v) is 5.38. The van der Waals surface area contributed by atoms with E-state index < -0.39 is 0 Å². The van der Waals surface area contributed by atoms with Gasteiger partial charge in [0.25, 0.3) is 0 Å². The van der Waals surface area contributed by atoms with Gasteiger partial charge in [-0.15, -0.1) is 12.4 Å². The molecule has 0 aliphatic carbocycles. The van der Waals surface area contributed by atoms with Crippen molar-refractivity contribution in [2.45, 2.75) is 32.1 Å². The molecule has 0 radical (unpaired) electrons. The maximum atomic E-state index is 12.3. The highest BCUT2D eigenvalue weighted by molar-refractivity contribution is 5.85. The Bertz CT molecular complexity index is 563. The number of carbonyl (C=O) groups excluding carboxylic acids is 2. The van der Waals surface area contributed by atoms with Crippen molar-refractivity contribution in [1.82, 2.24) is 15.5 Å². The Balaban J connectivity index is 0.00000225. The molecular formula is C19H28ClN3O2. The smallest absolute Gasteiger partial charge is 0.224 e. The molecule has 2 aliphatic rings. The van der Waals surface area contributed by atoms with E-state index in [9.17, 15) is 9.59 Å². The van der Waals surface area contributed by atoms with Crippen LogP contribution in [0, 0.1) is 5.41 Å². The number of hydrogen-bond acceptors (Lipinski definition) is 3. The van der Waals surface area contributed by atoms with Gasteiger partial charge in [0, 0.05) is 32.6 Å². The molecule has 2 N–H and O–H groups in total. The summed E-state index contributed by atoms with van der Waals surface area (Å²) in [7, 11) is 0. The van der Waals surface area contributed by atoms with Gasteiger partial charge in [-0.05, 0) is 36.8 Å². The van der Waals surface area contributed by atoms with Crippen LogP contribution in [0.5, 0.6) is 0 Å². The number of nitrogens with one attached hydrogen (secondary N) is 2. The fourth-order valence-corrected chi connectivity index (χ4v) is 3.76. The number of halogens is 1. The molecule has 1 spiro atoms. The third-order valence-electron chi connectivity index (χ3n) is 5.38. The normalized spacial score (nSPS) is 18.6. The van der Waals surface area contributed by atoms with Crippen LogP contribution in [0.2, 0.25) is 0 Å². The van der Waals surface area contributed by atoms with Crippen LogP contribution >= 0.6 is 12.4 Å². The molecule has 2 saturated heterocycles. The first-order valence-corrected chi connectivity index (χ1v) is 8.96. The molecule has 6 heteroatoms. The van der Waals surface area contributed by atoms with Gasteiger partial charge < -0.3 is 15.5 Å². The summed E-state index contributed by atoms with van der Waals surface area (Å²) >= 11 is 0. The van der Waals surface area contributed by atoms with Gasteiger partial charge in [0.15, 0.2) is 0 Å². The molecule has 2 amide bonds. The first kappa shape index (κ1) is 19.7. The van der Waals surface area contributed by atoms with Gasteiger partial charge in [0.1, 0.15) is 0 Å². The van der Waals surface area contributed by atoms with Gasteiger partial charge in [-0.2, -0.15) is 0 Å². The van der Waals surface area contributed by atoms with Crippen molar-refractivity contribution < 1.29 is 9.59 Å². The van der Waals surface area contributed by atoms with E-state index in [-0.39, 0.29) is 24.2 Å². The highest BCUT2D eigenvalue weighted by Gasteiger charge is 2.37. The Morgan fingerprint density at radius 3 is 2.48 bits per heavy atom. The van der Waals surface area contributed by atoms with Gasteiger partial charge in [0.05, 0.1) is 6.42 Å². The number of nitrogens with zero attached hydrogens (tertiary/aromatic N) is 1. The number of likely N-dealkylation sites (tertiary alicyclic amines) is 1. The molecule has 2 heterocycles. The van der Waals surface area contributed by atoms with Crippen molar-refractivity contribution in [2.75, 3.05) is 32.7 Å². The van der Waals surface area contributed by atoms with E-state index in [2.05, 4.69) is 10.6 Å². The summed E-state index contributed by atoms with van der Waals surface area (Å²) in [6.45, 7) is 4.36. The first-order chi connectivity index (χ1) is 11.7. The van der Waals surface area contributed by atoms with Crippen LogP contribution in [0.15, 0.2) is 30.3 Å². The fraction of sp³-hybridized carbons (Fsp3) is 0.579. The first-order valence-electron chi connectivity index (χ1n) is 8.96. The Hall–Kier alpha value is -1.59. The second kappa shape index (κ2) is 9.20.